The molecule has 0 spiro atoms. The first-order chi connectivity index (χ1) is 6.79. The van der Waals surface area contributed by atoms with Crippen molar-refractivity contribution in [2.45, 2.75) is 13.0 Å². The highest BCUT2D eigenvalue weighted by atomic mass is 15.3. The molecule has 74 valence electrons. The van der Waals surface area contributed by atoms with Crippen molar-refractivity contribution in [1.82, 2.24) is 4.90 Å². The zero-order valence-corrected chi connectivity index (χ0v) is 8.35. The lowest BCUT2D eigenvalue weighted by Gasteiger charge is -2.25. The minimum absolute atomic E-state index is 0.322. The Labute approximate surface area is 84.2 Å². The third-order valence-electron chi connectivity index (χ3n) is 2.66. The van der Waals surface area contributed by atoms with E-state index < -0.39 is 0 Å². The van der Waals surface area contributed by atoms with Gasteiger partial charge in [-0.05, 0) is 12.5 Å². The van der Waals surface area contributed by atoms with Crippen LogP contribution in [0, 0.1) is 0 Å². The van der Waals surface area contributed by atoms with Crippen LogP contribution in [0.2, 0.25) is 0 Å². The number of nitrogens with zero attached hydrogens (tertiary/aromatic N) is 2. The van der Waals surface area contributed by atoms with Gasteiger partial charge in [-0.2, -0.15) is 0 Å². The van der Waals surface area contributed by atoms with Crippen LogP contribution in [0.4, 0.5) is 0 Å². The predicted octanol–water partition coefficient (Wildman–Crippen LogP) is 1.38. The van der Waals surface area contributed by atoms with E-state index in [2.05, 4.69) is 41.1 Å². The molecular weight excluding hydrogens is 174 g/mol. The molecule has 0 fully saturated rings. The minimum atomic E-state index is 0.322. The first kappa shape index (κ1) is 9.06. The molecule has 1 aromatic rings. The summed E-state index contributed by atoms with van der Waals surface area (Å²) in [5, 5.41) is 0. The number of rotatable bonds is 2. The number of guanidine groups is 1. The molecule has 1 aromatic carbocycles. The summed E-state index contributed by atoms with van der Waals surface area (Å²) in [6, 6.07) is 10.7. The summed E-state index contributed by atoms with van der Waals surface area (Å²) in [6.07, 6.45) is 0. The molecule has 3 heteroatoms. The van der Waals surface area contributed by atoms with E-state index in [0.717, 1.165) is 13.1 Å². The van der Waals surface area contributed by atoms with Crippen molar-refractivity contribution in [3.8, 4) is 0 Å². The van der Waals surface area contributed by atoms with E-state index in [0.29, 0.717) is 12.0 Å². The lowest BCUT2D eigenvalue weighted by atomic mass is 10.1. The quantitative estimate of drug-likeness (QED) is 0.763. The van der Waals surface area contributed by atoms with Gasteiger partial charge in [0.25, 0.3) is 0 Å². The molecule has 14 heavy (non-hydrogen) atoms. The molecule has 0 radical (unpaired) electrons. The summed E-state index contributed by atoms with van der Waals surface area (Å²) < 4.78 is 0. The second kappa shape index (κ2) is 3.70. The molecule has 0 bridgehead atoms. The molecule has 0 amide bonds. The van der Waals surface area contributed by atoms with Gasteiger partial charge in [-0.25, -0.2) is 0 Å². The topological polar surface area (TPSA) is 41.6 Å². The SMILES string of the molecule is CC(c1ccccc1)N1CCN=C1N. The molecule has 1 atom stereocenters. The summed E-state index contributed by atoms with van der Waals surface area (Å²) >= 11 is 0. The van der Waals surface area contributed by atoms with Gasteiger partial charge in [-0.3, -0.25) is 4.99 Å². The highest BCUT2D eigenvalue weighted by Gasteiger charge is 2.20. The maximum Gasteiger partial charge on any atom is 0.191 e. The summed E-state index contributed by atoms with van der Waals surface area (Å²) in [5.41, 5.74) is 7.08. The Morgan fingerprint density at radius 1 is 1.36 bits per heavy atom. The van der Waals surface area contributed by atoms with Crippen LogP contribution in [0.25, 0.3) is 0 Å². The second-order valence-corrected chi connectivity index (χ2v) is 3.52. The van der Waals surface area contributed by atoms with Crippen molar-refractivity contribution < 1.29 is 0 Å². The number of hydrogen-bond donors (Lipinski definition) is 1. The van der Waals surface area contributed by atoms with Crippen LogP contribution in [0.5, 0.6) is 0 Å². The maximum absolute atomic E-state index is 5.79. The zero-order valence-electron chi connectivity index (χ0n) is 8.35. The largest absolute Gasteiger partial charge is 0.370 e. The fourth-order valence-electron chi connectivity index (χ4n) is 1.78. The average Bonchev–Trinajstić information content (AvgIpc) is 2.65. The predicted molar refractivity (Wildman–Crippen MR) is 58.1 cm³/mol. The van der Waals surface area contributed by atoms with Crippen molar-refractivity contribution in [3.63, 3.8) is 0 Å². The minimum Gasteiger partial charge on any atom is -0.370 e. The number of aliphatic imine (C=N–C) groups is 1. The fraction of sp³-hybridized carbons (Fsp3) is 0.364. The van der Waals surface area contributed by atoms with Crippen LogP contribution in [-0.2, 0) is 0 Å². The first-order valence-electron chi connectivity index (χ1n) is 4.90. The van der Waals surface area contributed by atoms with Crippen LogP contribution in [0.3, 0.4) is 0 Å². The zero-order chi connectivity index (χ0) is 9.97. The summed E-state index contributed by atoms with van der Waals surface area (Å²) in [4.78, 5) is 6.32. The summed E-state index contributed by atoms with van der Waals surface area (Å²) in [6.45, 7) is 3.91. The fourth-order valence-corrected chi connectivity index (χ4v) is 1.78. The Bertz CT molecular complexity index is 332. The van der Waals surface area contributed by atoms with Crippen molar-refractivity contribution in [1.29, 1.82) is 0 Å². The van der Waals surface area contributed by atoms with Crippen LogP contribution < -0.4 is 5.73 Å². The van der Waals surface area contributed by atoms with Gasteiger partial charge in [0.1, 0.15) is 0 Å². The molecule has 1 aliphatic rings. The Hall–Kier alpha value is -1.51. The number of hydrogen-bond acceptors (Lipinski definition) is 3. The molecule has 3 nitrogen and oxygen atoms in total. The van der Waals surface area contributed by atoms with Gasteiger partial charge in [0.15, 0.2) is 5.96 Å². The van der Waals surface area contributed by atoms with Crippen molar-refractivity contribution in [2.24, 2.45) is 10.7 Å². The van der Waals surface area contributed by atoms with E-state index in [4.69, 9.17) is 5.73 Å². The smallest absolute Gasteiger partial charge is 0.191 e. The van der Waals surface area contributed by atoms with Crippen molar-refractivity contribution in [3.05, 3.63) is 35.9 Å². The molecule has 2 N–H and O–H groups in total. The second-order valence-electron chi connectivity index (χ2n) is 3.52. The third kappa shape index (κ3) is 1.58. The van der Waals surface area contributed by atoms with E-state index in [-0.39, 0.29) is 0 Å². The van der Waals surface area contributed by atoms with Gasteiger partial charge in [-0.1, -0.05) is 30.3 Å². The third-order valence-corrected chi connectivity index (χ3v) is 2.66. The Morgan fingerprint density at radius 2 is 2.07 bits per heavy atom. The molecule has 0 aliphatic carbocycles. The standard InChI is InChI=1S/C11H15N3/c1-9(10-5-3-2-4-6-10)14-8-7-13-11(14)12/h2-6,9H,7-8H2,1H3,(H2,12,13). The number of benzene rings is 1. The Balaban J connectivity index is 2.16. The van der Waals surface area contributed by atoms with Gasteiger partial charge in [0.2, 0.25) is 0 Å². The lowest BCUT2D eigenvalue weighted by molar-refractivity contribution is 0.363. The van der Waals surface area contributed by atoms with E-state index >= 15 is 0 Å². The lowest BCUT2D eigenvalue weighted by Crippen LogP contribution is -2.35. The highest BCUT2D eigenvalue weighted by Crippen LogP contribution is 2.20. The molecule has 0 saturated carbocycles. The van der Waals surface area contributed by atoms with Crippen molar-refractivity contribution in [2.75, 3.05) is 13.1 Å². The Morgan fingerprint density at radius 3 is 2.64 bits per heavy atom. The van der Waals surface area contributed by atoms with E-state index in [1.165, 1.54) is 5.56 Å². The van der Waals surface area contributed by atoms with Gasteiger partial charge in [0, 0.05) is 6.54 Å². The molecule has 1 heterocycles. The van der Waals surface area contributed by atoms with Gasteiger partial charge < -0.3 is 10.6 Å². The maximum atomic E-state index is 5.79. The molecular formula is C11H15N3. The van der Waals surface area contributed by atoms with Gasteiger partial charge in [0.05, 0.1) is 12.6 Å². The van der Waals surface area contributed by atoms with Gasteiger partial charge >= 0.3 is 0 Å². The Kier molecular flexibility index (Phi) is 2.39. The monoisotopic (exact) mass is 189 g/mol. The van der Waals surface area contributed by atoms with Crippen LogP contribution in [-0.4, -0.2) is 23.9 Å². The van der Waals surface area contributed by atoms with Crippen LogP contribution >= 0.6 is 0 Å². The molecule has 2 rings (SSSR count). The van der Waals surface area contributed by atoms with E-state index in [9.17, 15) is 0 Å². The molecule has 0 saturated heterocycles. The molecule has 0 aromatic heterocycles. The first-order valence-corrected chi connectivity index (χ1v) is 4.90. The highest BCUT2D eigenvalue weighted by molar-refractivity contribution is 5.80. The van der Waals surface area contributed by atoms with Crippen LogP contribution in [0.1, 0.15) is 18.5 Å². The number of nitrogens with two attached hydrogens (primary N) is 1. The normalized spacial score (nSPS) is 18.1. The van der Waals surface area contributed by atoms with E-state index in [1.54, 1.807) is 0 Å². The van der Waals surface area contributed by atoms with Crippen LogP contribution in [0.15, 0.2) is 35.3 Å². The summed E-state index contributed by atoms with van der Waals surface area (Å²) in [5.74, 6) is 0.668. The molecule has 1 aliphatic heterocycles. The summed E-state index contributed by atoms with van der Waals surface area (Å²) in [7, 11) is 0. The average molecular weight is 189 g/mol. The van der Waals surface area contributed by atoms with Gasteiger partial charge in [-0.15, -0.1) is 0 Å². The molecule has 1 unspecified atom stereocenters. The van der Waals surface area contributed by atoms with E-state index in [1.807, 2.05) is 6.07 Å². The van der Waals surface area contributed by atoms with Crippen molar-refractivity contribution >= 4 is 5.96 Å².